The van der Waals surface area contributed by atoms with E-state index in [-0.39, 0.29) is 24.8 Å². The van der Waals surface area contributed by atoms with E-state index in [0.29, 0.717) is 12.8 Å². The number of fused-ring (bicyclic) bond motifs is 8. The number of hydrogen-bond donors (Lipinski definition) is 4. The zero-order valence-electron chi connectivity index (χ0n) is 27.5. The minimum atomic E-state index is -0.297. The van der Waals surface area contributed by atoms with Gasteiger partial charge in [-0.1, -0.05) is 25.3 Å². The highest BCUT2D eigenvalue weighted by molar-refractivity contribution is 9.15. The van der Waals surface area contributed by atoms with Crippen molar-refractivity contribution in [2.75, 3.05) is 14.2 Å². The molecular weight excluding hydrogens is 872 g/mol. The van der Waals surface area contributed by atoms with E-state index in [4.69, 9.17) is 9.47 Å². The Hall–Kier alpha value is -3.06. The number of esters is 2. The second-order valence-corrected chi connectivity index (χ2v) is 14.8. The van der Waals surface area contributed by atoms with E-state index in [0.717, 1.165) is 107 Å². The number of methoxy groups -OCH3 is 2. The number of carbonyl (C=O) groups excluding carboxylic acids is 2. The first kappa shape index (κ1) is 36.2. The Morgan fingerprint density at radius 2 is 1.02 bits per heavy atom. The molecule has 0 radical (unpaired) electrons. The summed E-state index contributed by atoms with van der Waals surface area (Å²) in [5.41, 5.74) is 11.2. The Morgan fingerprint density at radius 1 is 0.562 bits per heavy atom. The molecule has 0 fully saturated rings. The number of H-pyrrole nitrogens is 4. The van der Waals surface area contributed by atoms with Crippen molar-refractivity contribution >= 4 is 106 Å². The van der Waals surface area contributed by atoms with Gasteiger partial charge in [-0.05, 0) is 138 Å². The Kier molecular flexibility index (Phi) is 10.9. The van der Waals surface area contributed by atoms with Crippen molar-refractivity contribution in [3.8, 4) is 0 Å². The number of nitrogens with one attached hydrogen (secondary N) is 4. The minimum absolute atomic E-state index is 0.203. The molecule has 0 saturated carbocycles. The molecule has 8 nitrogen and oxygen atoms in total. The first-order valence-corrected chi connectivity index (χ1v) is 18.4. The fourth-order valence-corrected chi connectivity index (χ4v) is 9.26. The Bertz CT molecular complexity index is 2280. The van der Waals surface area contributed by atoms with Crippen LogP contribution in [0.3, 0.4) is 0 Å². The number of ether oxygens (including phenoxy) is 2. The molecule has 8 bridgehead atoms. The molecule has 5 rings (SSSR count). The quantitative estimate of drug-likeness (QED) is 0.157. The van der Waals surface area contributed by atoms with Gasteiger partial charge in [0, 0.05) is 24.0 Å². The average molecular weight is 908 g/mol. The number of rotatable bonds is 8. The second kappa shape index (κ2) is 14.4. The monoisotopic (exact) mass is 904 g/mol. The number of hydrogen-bond acceptors (Lipinski definition) is 4. The van der Waals surface area contributed by atoms with Crippen molar-refractivity contribution in [1.29, 1.82) is 0 Å². The molecule has 0 aromatic carbocycles. The van der Waals surface area contributed by atoms with Gasteiger partial charge in [-0.15, -0.1) is 0 Å². The maximum atomic E-state index is 12.4. The summed E-state index contributed by atoms with van der Waals surface area (Å²) in [6.07, 6.45) is 4.99. The van der Waals surface area contributed by atoms with Gasteiger partial charge in [-0.3, -0.25) is 9.59 Å². The fraction of sp³-hybridized carbons (Fsp3) is 0.278. The van der Waals surface area contributed by atoms with Gasteiger partial charge in [0.2, 0.25) is 0 Å². The summed E-state index contributed by atoms with van der Waals surface area (Å²) in [5, 5.41) is 3.41. The third kappa shape index (κ3) is 6.14. The Morgan fingerprint density at radius 3 is 1.60 bits per heavy atom. The zero-order valence-corrected chi connectivity index (χ0v) is 33.9. The number of carbonyl (C=O) groups is 2. The van der Waals surface area contributed by atoms with Gasteiger partial charge in [0.15, 0.2) is 0 Å². The van der Waals surface area contributed by atoms with Crippen LogP contribution in [-0.2, 0) is 31.9 Å². The summed E-state index contributed by atoms with van der Waals surface area (Å²) in [6.45, 7) is 16.5. The molecular formula is C36H36Br4N4O4. The van der Waals surface area contributed by atoms with Crippen LogP contribution in [0, 0.1) is 27.7 Å². The molecule has 48 heavy (non-hydrogen) atoms. The van der Waals surface area contributed by atoms with Crippen molar-refractivity contribution in [2.45, 2.75) is 53.4 Å². The maximum absolute atomic E-state index is 12.4. The van der Waals surface area contributed by atoms with Gasteiger partial charge in [0.25, 0.3) is 0 Å². The Labute approximate surface area is 312 Å². The lowest BCUT2D eigenvalue weighted by Gasteiger charge is -2.06. The van der Waals surface area contributed by atoms with Crippen LogP contribution in [-0.4, -0.2) is 46.1 Å². The smallest absolute Gasteiger partial charge is 0.305 e. The topological polar surface area (TPSA) is 116 Å². The molecule has 1 aliphatic heterocycles. The predicted molar refractivity (Wildman–Crippen MR) is 207 cm³/mol. The van der Waals surface area contributed by atoms with Crippen LogP contribution in [0.4, 0.5) is 0 Å². The van der Waals surface area contributed by atoms with Gasteiger partial charge in [0.1, 0.15) is 0 Å². The molecule has 0 aliphatic carbocycles. The standard InChI is InChI=1S/C36H36Br4N4O4/c1-9-19-15(3)29-25(37)31-17(5)21(11-13-23(45)47-7)35(43-31)28(40)36-22(12-14-24(46)48-8)18(6)32(44-36)27(39)34-20(10-2)16(4)30(42-34)26(38)33(19)41-29/h9-10,41-44H,1-2,11-14H2,3-8H3. The first-order valence-electron chi connectivity index (χ1n) is 15.2. The van der Waals surface area contributed by atoms with Gasteiger partial charge >= 0.3 is 11.9 Å². The Balaban J connectivity index is 2.04. The molecule has 4 aromatic heterocycles. The third-order valence-electron chi connectivity index (χ3n) is 9.13. The maximum Gasteiger partial charge on any atom is 0.305 e. The second-order valence-electron chi connectivity index (χ2n) is 11.6. The summed E-state index contributed by atoms with van der Waals surface area (Å²) >= 11 is 15.8. The van der Waals surface area contributed by atoms with Crippen LogP contribution in [0.15, 0.2) is 13.2 Å². The molecule has 1 aliphatic rings. The molecule has 252 valence electrons. The third-order valence-corrected chi connectivity index (χ3v) is 12.3. The minimum Gasteiger partial charge on any atom is -0.469 e. The molecule has 0 spiro atoms. The van der Waals surface area contributed by atoms with E-state index in [2.05, 4.69) is 111 Å². The summed E-state index contributed by atoms with van der Waals surface area (Å²) in [5.74, 6) is -0.593. The molecule has 12 heteroatoms. The van der Waals surface area contributed by atoms with Gasteiger partial charge in [-0.2, -0.15) is 0 Å². The van der Waals surface area contributed by atoms with Gasteiger partial charge in [0.05, 0.1) is 76.3 Å². The highest BCUT2D eigenvalue weighted by Gasteiger charge is 2.25. The highest BCUT2D eigenvalue weighted by atomic mass is 79.9. The van der Waals surface area contributed by atoms with E-state index >= 15 is 0 Å². The lowest BCUT2D eigenvalue weighted by atomic mass is 10.0. The van der Waals surface area contributed by atoms with Gasteiger partial charge in [-0.25, -0.2) is 0 Å². The molecule has 4 aromatic rings. The summed E-state index contributed by atoms with van der Waals surface area (Å²) in [7, 11) is 2.79. The van der Waals surface area contributed by atoms with Crippen molar-refractivity contribution in [3.05, 3.63) is 102 Å². The van der Waals surface area contributed by atoms with E-state index in [1.807, 2.05) is 26.0 Å². The van der Waals surface area contributed by atoms with Crippen LogP contribution in [0.2, 0.25) is 0 Å². The van der Waals surface area contributed by atoms with Gasteiger partial charge < -0.3 is 29.4 Å². The summed E-state index contributed by atoms with van der Waals surface area (Å²) < 4.78 is 13.2. The van der Waals surface area contributed by atoms with Crippen molar-refractivity contribution in [2.24, 2.45) is 0 Å². The molecule has 0 atom stereocenters. The normalized spacial score (nSPS) is 12.9. The molecule has 0 amide bonds. The van der Waals surface area contributed by atoms with Crippen LogP contribution >= 0.6 is 63.7 Å². The summed E-state index contributed by atoms with van der Waals surface area (Å²) in [6, 6.07) is 0. The number of halogens is 4. The van der Waals surface area contributed by atoms with E-state index < -0.39 is 0 Å². The SMILES string of the molecule is C=Cc1c2[nH]c(c1C)C(Br)=c1[nH]c(c(C)c1C=C)=C(Br)c1[nH]c(c(CCC(=O)OC)c1C)C(Br)=c1[nH]c(c(C)c1CCC(=O)OC)=C2Br. The van der Waals surface area contributed by atoms with Crippen LogP contribution in [0.5, 0.6) is 0 Å². The molecule has 4 N–H and O–H groups in total. The molecule has 5 heterocycles. The molecule has 0 saturated heterocycles. The lowest BCUT2D eigenvalue weighted by Crippen LogP contribution is -2.17. The number of aromatic nitrogens is 4. The number of aromatic amines is 4. The van der Waals surface area contributed by atoms with Crippen LogP contribution in [0.25, 0.3) is 30.1 Å². The van der Waals surface area contributed by atoms with Crippen molar-refractivity contribution in [3.63, 3.8) is 0 Å². The van der Waals surface area contributed by atoms with Crippen LogP contribution in [0.1, 0.15) is 80.1 Å². The van der Waals surface area contributed by atoms with E-state index in [1.165, 1.54) is 14.2 Å². The van der Waals surface area contributed by atoms with Crippen molar-refractivity contribution in [1.82, 2.24) is 19.9 Å². The highest BCUT2D eigenvalue weighted by Crippen LogP contribution is 2.35. The predicted octanol–water partition coefficient (Wildman–Crippen LogP) is 6.25. The zero-order chi connectivity index (χ0) is 35.2. The first-order chi connectivity index (χ1) is 22.8. The average Bonchev–Trinajstić information content (AvgIpc) is 3.80. The van der Waals surface area contributed by atoms with E-state index in [1.54, 1.807) is 0 Å². The van der Waals surface area contributed by atoms with E-state index in [9.17, 15) is 9.59 Å². The largest absolute Gasteiger partial charge is 0.469 e. The van der Waals surface area contributed by atoms with Crippen molar-refractivity contribution < 1.29 is 19.1 Å². The lowest BCUT2D eigenvalue weighted by molar-refractivity contribution is -0.141. The fourth-order valence-electron chi connectivity index (χ4n) is 6.37. The summed E-state index contributed by atoms with van der Waals surface area (Å²) in [4.78, 5) is 39.4. The van der Waals surface area contributed by atoms with Crippen LogP contribution < -0.4 is 21.4 Å². The molecule has 0 unspecified atom stereocenters.